The summed E-state index contributed by atoms with van der Waals surface area (Å²) in [6.07, 6.45) is 0. The van der Waals surface area contributed by atoms with E-state index in [0.29, 0.717) is 17.1 Å². The van der Waals surface area contributed by atoms with Crippen molar-refractivity contribution in [3.63, 3.8) is 0 Å². The van der Waals surface area contributed by atoms with Gasteiger partial charge in [0.05, 0.1) is 0 Å². The highest BCUT2D eigenvalue weighted by atomic mass is 79.9. The fraction of sp³-hybridized carbons (Fsp3) is 0. The lowest BCUT2D eigenvalue weighted by atomic mass is 10.2. The zero-order chi connectivity index (χ0) is 11.0. The highest BCUT2D eigenvalue weighted by Gasteiger charge is 2.08. The lowest BCUT2D eigenvalue weighted by Crippen LogP contribution is -1.78. The third kappa shape index (κ3) is 1.61. The van der Waals surface area contributed by atoms with Crippen molar-refractivity contribution in [3.05, 3.63) is 47.1 Å². The van der Waals surface area contributed by atoms with Crippen LogP contribution in [0.5, 0.6) is 0 Å². The average Bonchev–Trinajstić information content (AvgIpc) is 2.73. The Hall–Kier alpha value is -1.68. The van der Waals surface area contributed by atoms with Crippen molar-refractivity contribution in [2.24, 2.45) is 0 Å². The topological polar surface area (TPSA) is 38.9 Å². The minimum absolute atomic E-state index is 0.598. The number of benzene rings is 1. The van der Waals surface area contributed by atoms with E-state index in [1.165, 1.54) is 0 Å². The number of pyridine rings is 1. The first-order valence-corrected chi connectivity index (χ1v) is 5.61. The van der Waals surface area contributed by atoms with E-state index in [2.05, 4.69) is 25.9 Å². The van der Waals surface area contributed by atoms with E-state index in [4.69, 9.17) is 4.42 Å². The van der Waals surface area contributed by atoms with E-state index in [9.17, 15) is 0 Å². The fourth-order valence-electron chi connectivity index (χ4n) is 1.50. The van der Waals surface area contributed by atoms with Crippen molar-refractivity contribution >= 4 is 27.2 Å². The Bertz CT molecular complexity index is 634. The number of hydrogen-bond acceptors (Lipinski definition) is 3. The second kappa shape index (κ2) is 3.72. The van der Waals surface area contributed by atoms with Gasteiger partial charge in [-0.1, -0.05) is 18.2 Å². The maximum Gasteiger partial charge on any atom is 0.228 e. The van der Waals surface area contributed by atoms with Gasteiger partial charge in [-0.3, -0.25) is 0 Å². The van der Waals surface area contributed by atoms with E-state index in [-0.39, 0.29) is 0 Å². The average molecular weight is 275 g/mol. The Morgan fingerprint density at radius 3 is 2.56 bits per heavy atom. The second-order valence-electron chi connectivity index (χ2n) is 3.34. The van der Waals surface area contributed by atoms with Crippen molar-refractivity contribution in [2.75, 3.05) is 0 Å². The standard InChI is InChI=1S/C12H7BrN2O/c13-10-7-6-9-11(14-10)15-12(16-9)8-4-2-1-3-5-8/h1-7H. The molecule has 16 heavy (non-hydrogen) atoms. The lowest BCUT2D eigenvalue weighted by Gasteiger charge is -1.91. The molecule has 3 aromatic rings. The molecule has 3 rings (SSSR count). The van der Waals surface area contributed by atoms with Gasteiger partial charge in [0.15, 0.2) is 11.2 Å². The molecule has 4 heteroatoms. The smallest absolute Gasteiger partial charge is 0.228 e. The Morgan fingerprint density at radius 2 is 1.75 bits per heavy atom. The fourth-order valence-corrected chi connectivity index (χ4v) is 1.80. The van der Waals surface area contributed by atoms with Gasteiger partial charge in [0, 0.05) is 5.56 Å². The van der Waals surface area contributed by atoms with Crippen molar-refractivity contribution < 1.29 is 4.42 Å². The highest BCUT2D eigenvalue weighted by Crippen LogP contribution is 2.23. The molecule has 2 heterocycles. The van der Waals surface area contributed by atoms with Gasteiger partial charge in [-0.05, 0) is 40.2 Å². The predicted octanol–water partition coefficient (Wildman–Crippen LogP) is 3.65. The van der Waals surface area contributed by atoms with Gasteiger partial charge in [0.25, 0.3) is 0 Å². The Kier molecular flexibility index (Phi) is 2.22. The largest absolute Gasteiger partial charge is 0.434 e. The van der Waals surface area contributed by atoms with Crippen molar-refractivity contribution in [1.82, 2.24) is 9.97 Å². The summed E-state index contributed by atoms with van der Waals surface area (Å²) < 4.78 is 6.37. The lowest BCUT2D eigenvalue weighted by molar-refractivity contribution is 0.619. The molecule has 2 aromatic heterocycles. The van der Waals surface area contributed by atoms with Crippen LogP contribution in [0.1, 0.15) is 0 Å². The molecule has 0 aliphatic rings. The molecule has 78 valence electrons. The van der Waals surface area contributed by atoms with Crippen LogP contribution in [0.3, 0.4) is 0 Å². The van der Waals surface area contributed by atoms with Crippen LogP contribution in [0, 0.1) is 0 Å². The van der Waals surface area contributed by atoms with Gasteiger partial charge in [-0.25, -0.2) is 4.98 Å². The molecule has 0 amide bonds. The predicted molar refractivity (Wildman–Crippen MR) is 64.9 cm³/mol. The summed E-state index contributed by atoms with van der Waals surface area (Å²) in [5, 5.41) is 0. The minimum atomic E-state index is 0.598. The molecule has 0 spiro atoms. The number of aromatic nitrogens is 2. The summed E-state index contributed by atoms with van der Waals surface area (Å²) in [5.41, 5.74) is 2.27. The third-order valence-electron chi connectivity index (χ3n) is 2.24. The summed E-state index contributed by atoms with van der Waals surface area (Å²) in [4.78, 5) is 8.57. The molecule has 0 fully saturated rings. The molecule has 0 saturated carbocycles. The molecule has 0 atom stereocenters. The number of hydrogen-bond donors (Lipinski definition) is 0. The Morgan fingerprint density at radius 1 is 0.938 bits per heavy atom. The zero-order valence-corrected chi connectivity index (χ0v) is 9.81. The monoisotopic (exact) mass is 274 g/mol. The molecule has 0 radical (unpaired) electrons. The van der Waals surface area contributed by atoms with Gasteiger partial charge < -0.3 is 4.42 Å². The Labute approximate surface area is 100 Å². The SMILES string of the molecule is Brc1ccc2oc(-c3ccccc3)nc2n1. The van der Waals surface area contributed by atoms with Crippen LogP contribution in [-0.4, -0.2) is 9.97 Å². The normalized spacial score (nSPS) is 10.8. The number of rotatable bonds is 1. The van der Waals surface area contributed by atoms with Crippen molar-refractivity contribution in [2.45, 2.75) is 0 Å². The van der Waals surface area contributed by atoms with E-state index >= 15 is 0 Å². The summed E-state index contributed by atoms with van der Waals surface area (Å²) in [6.45, 7) is 0. The van der Waals surface area contributed by atoms with Crippen LogP contribution in [0.2, 0.25) is 0 Å². The Balaban J connectivity index is 2.19. The van der Waals surface area contributed by atoms with E-state index in [1.807, 2.05) is 42.5 Å². The summed E-state index contributed by atoms with van der Waals surface area (Å²) in [5.74, 6) is 0.598. The van der Waals surface area contributed by atoms with Crippen LogP contribution in [-0.2, 0) is 0 Å². The first-order valence-electron chi connectivity index (χ1n) is 4.81. The molecule has 0 aliphatic carbocycles. The maximum absolute atomic E-state index is 5.61. The molecule has 3 nitrogen and oxygen atoms in total. The third-order valence-corrected chi connectivity index (χ3v) is 2.68. The van der Waals surface area contributed by atoms with Gasteiger partial charge >= 0.3 is 0 Å². The summed E-state index contributed by atoms with van der Waals surface area (Å²) in [7, 11) is 0. The number of halogens is 1. The van der Waals surface area contributed by atoms with Crippen molar-refractivity contribution in [3.8, 4) is 11.5 Å². The van der Waals surface area contributed by atoms with Gasteiger partial charge in [0.2, 0.25) is 5.89 Å². The van der Waals surface area contributed by atoms with Crippen LogP contribution in [0.25, 0.3) is 22.7 Å². The van der Waals surface area contributed by atoms with Crippen LogP contribution >= 0.6 is 15.9 Å². The molecule has 0 aliphatic heterocycles. The van der Waals surface area contributed by atoms with Gasteiger partial charge in [-0.15, -0.1) is 0 Å². The number of nitrogens with zero attached hydrogens (tertiary/aromatic N) is 2. The molecular formula is C12H7BrN2O. The highest BCUT2D eigenvalue weighted by molar-refractivity contribution is 9.10. The molecule has 0 N–H and O–H groups in total. The van der Waals surface area contributed by atoms with Crippen molar-refractivity contribution in [1.29, 1.82) is 0 Å². The van der Waals surface area contributed by atoms with Gasteiger partial charge in [-0.2, -0.15) is 4.98 Å². The number of oxazole rings is 1. The maximum atomic E-state index is 5.61. The van der Waals surface area contributed by atoms with E-state index in [0.717, 1.165) is 10.2 Å². The molecule has 0 saturated heterocycles. The second-order valence-corrected chi connectivity index (χ2v) is 4.15. The first kappa shape index (κ1) is 9.54. The number of fused-ring (bicyclic) bond motifs is 1. The summed E-state index contributed by atoms with van der Waals surface area (Å²) in [6, 6.07) is 13.5. The quantitative estimate of drug-likeness (QED) is 0.636. The van der Waals surface area contributed by atoms with Crippen LogP contribution < -0.4 is 0 Å². The van der Waals surface area contributed by atoms with E-state index in [1.54, 1.807) is 0 Å². The van der Waals surface area contributed by atoms with Crippen LogP contribution in [0.15, 0.2) is 51.5 Å². The summed E-state index contributed by atoms with van der Waals surface area (Å²) >= 11 is 3.31. The molecule has 0 unspecified atom stereocenters. The molecule has 1 aromatic carbocycles. The molecular weight excluding hydrogens is 268 g/mol. The minimum Gasteiger partial charge on any atom is -0.434 e. The van der Waals surface area contributed by atoms with Crippen LogP contribution in [0.4, 0.5) is 0 Å². The molecule has 0 bridgehead atoms. The van der Waals surface area contributed by atoms with E-state index < -0.39 is 0 Å². The first-order chi connectivity index (χ1) is 7.83. The van der Waals surface area contributed by atoms with Gasteiger partial charge in [0.1, 0.15) is 4.60 Å². The zero-order valence-electron chi connectivity index (χ0n) is 8.22.